The molecule has 0 radical (unpaired) electrons. The van der Waals surface area contributed by atoms with Gasteiger partial charge in [-0.2, -0.15) is 4.89 Å². The van der Waals surface area contributed by atoms with Crippen LogP contribution in [0.15, 0.2) is 23.8 Å². The fourth-order valence-corrected chi connectivity index (χ4v) is 4.34. The molecular weight excluding hydrogens is 460 g/mol. The summed E-state index contributed by atoms with van der Waals surface area (Å²) in [5.74, 6) is -0.322. The molecule has 1 fully saturated rings. The minimum Gasteiger partial charge on any atom is -0.507 e. The number of hydrogen-bond donors (Lipinski definition) is 1. The summed E-state index contributed by atoms with van der Waals surface area (Å²) in [4.78, 5) is 45.3. The highest BCUT2D eigenvalue weighted by molar-refractivity contribution is 6.33. The van der Waals surface area contributed by atoms with Gasteiger partial charge in [0.25, 0.3) is 0 Å². The van der Waals surface area contributed by atoms with Crippen molar-refractivity contribution in [3.05, 3.63) is 45.5 Å². The minimum absolute atomic E-state index is 0.0197. The summed E-state index contributed by atoms with van der Waals surface area (Å²) in [6.45, 7) is 9.25. The molecule has 1 aromatic rings. The van der Waals surface area contributed by atoms with Gasteiger partial charge in [-0.3, -0.25) is 9.59 Å². The molecule has 0 aliphatic heterocycles. The maximum Gasteiger partial charge on any atom is 0.336 e. The second kappa shape index (κ2) is 11.7. The second-order valence-corrected chi connectivity index (χ2v) is 9.41. The van der Waals surface area contributed by atoms with Crippen molar-refractivity contribution in [3.8, 4) is 11.5 Å². The number of halogens is 1. The molecule has 0 saturated heterocycles. The van der Waals surface area contributed by atoms with Crippen LogP contribution in [0.25, 0.3) is 0 Å². The molecular formula is C26H33ClO7. The first-order chi connectivity index (χ1) is 16.0. The normalized spacial score (nSPS) is 23.3. The van der Waals surface area contributed by atoms with E-state index < -0.39 is 12.6 Å². The van der Waals surface area contributed by atoms with Gasteiger partial charge in [-0.15, -0.1) is 0 Å². The quantitative estimate of drug-likeness (QED) is 0.163. The highest BCUT2D eigenvalue weighted by atomic mass is 35.5. The topological polar surface area (TPSA) is 99.1 Å². The average Bonchev–Trinajstić information content (AvgIpc) is 2.82. The first-order valence-corrected chi connectivity index (χ1v) is 11.6. The number of aromatic hydroxyl groups is 1. The van der Waals surface area contributed by atoms with Crippen molar-refractivity contribution in [2.45, 2.75) is 53.9 Å². The molecule has 34 heavy (non-hydrogen) atoms. The van der Waals surface area contributed by atoms with Crippen molar-refractivity contribution < 1.29 is 34.0 Å². The molecule has 1 N–H and O–H groups in total. The highest BCUT2D eigenvalue weighted by Gasteiger charge is 2.41. The van der Waals surface area contributed by atoms with Crippen molar-refractivity contribution in [1.82, 2.24) is 0 Å². The number of aldehydes is 1. The number of hydrogen-bond acceptors (Lipinski definition) is 7. The van der Waals surface area contributed by atoms with Crippen LogP contribution in [0, 0.1) is 24.2 Å². The molecule has 0 amide bonds. The van der Waals surface area contributed by atoms with Crippen LogP contribution in [0.2, 0.25) is 5.02 Å². The van der Waals surface area contributed by atoms with E-state index in [4.69, 9.17) is 21.4 Å². The Balaban J connectivity index is 2.34. The molecule has 2 rings (SSSR count). The zero-order chi connectivity index (χ0) is 25.6. The molecule has 0 heterocycles. The minimum atomic E-state index is -0.651. The van der Waals surface area contributed by atoms with Gasteiger partial charge in [-0.25, -0.2) is 4.79 Å². The SMILES string of the molecule is COC(=O)COOc1c(Cl)c(C)c(C=O)c(O)c1C/C=C(C)/C=C/C1(C)C(C)CCC(=O)C1C. The summed E-state index contributed by atoms with van der Waals surface area (Å²) in [6.07, 6.45) is 8.09. The maximum atomic E-state index is 12.3. The smallest absolute Gasteiger partial charge is 0.336 e. The molecule has 0 spiro atoms. The van der Waals surface area contributed by atoms with Crippen LogP contribution in [0.3, 0.4) is 0 Å². The lowest BCUT2D eigenvalue weighted by molar-refractivity contribution is -0.215. The molecule has 1 aromatic carbocycles. The third kappa shape index (κ3) is 5.88. The fourth-order valence-electron chi connectivity index (χ4n) is 4.10. The van der Waals surface area contributed by atoms with Crippen LogP contribution in [0.4, 0.5) is 0 Å². The highest BCUT2D eigenvalue weighted by Crippen LogP contribution is 2.45. The van der Waals surface area contributed by atoms with Crippen molar-refractivity contribution in [1.29, 1.82) is 0 Å². The number of phenols is 1. The second-order valence-electron chi connectivity index (χ2n) is 9.03. The van der Waals surface area contributed by atoms with E-state index in [9.17, 15) is 19.5 Å². The summed E-state index contributed by atoms with van der Waals surface area (Å²) in [5, 5.41) is 10.8. The number of esters is 1. The van der Waals surface area contributed by atoms with Gasteiger partial charge in [0.1, 0.15) is 11.5 Å². The van der Waals surface area contributed by atoms with E-state index in [0.29, 0.717) is 24.2 Å². The van der Waals surface area contributed by atoms with E-state index in [0.717, 1.165) is 12.0 Å². The van der Waals surface area contributed by atoms with Crippen LogP contribution < -0.4 is 4.89 Å². The first-order valence-electron chi connectivity index (χ1n) is 11.2. The Labute approximate surface area is 205 Å². The number of ketones is 1. The van der Waals surface area contributed by atoms with Crippen LogP contribution in [0.1, 0.15) is 62.0 Å². The van der Waals surface area contributed by atoms with E-state index >= 15 is 0 Å². The Kier molecular flexibility index (Phi) is 9.47. The average molecular weight is 493 g/mol. The number of allylic oxidation sites excluding steroid dienone is 4. The Morgan fingerprint density at radius 1 is 1.32 bits per heavy atom. The molecule has 8 heteroatoms. The van der Waals surface area contributed by atoms with E-state index in [-0.39, 0.29) is 51.2 Å². The number of Topliss-reactive ketones (excluding diaryl/α,β-unsaturated/α-hetero) is 1. The van der Waals surface area contributed by atoms with Gasteiger partial charge in [-0.1, -0.05) is 56.2 Å². The van der Waals surface area contributed by atoms with Crippen LogP contribution in [-0.4, -0.2) is 36.9 Å². The largest absolute Gasteiger partial charge is 0.507 e. The summed E-state index contributed by atoms with van der Waals surface area (Å²) >= 11 is 6.39. The van der Waals surface area contributed by atoms with Gasteiger partial charge in [0.2, 0.25) is 0 Å². The molecule has 0 bridgehead atoms. The molecule has 1 aliphatic carbocycles. The van der Waals surface area contributed by atoms with E-state index in [1.807, 2.05) is 26.0 Å². The Bertz CT molecular complexity index is 1010. The van der Waals surface area contributed by atoms with E-state index in [1.165, 1.54) is 7.11 Å². The van der Waals surface area contributed by atoms with Crippen molar-refractivity contribution >= 4 is 29.6 Å². The third-order valence-corrected chi connectivity index (χ3v) is 7.50. The third-order valence-electron chi connectivity index (χ3n) is 7.05. The Morgan fingerprint density at radius 3 is 2.62 bits per heavy atom. The number of benzene rings is 1. The molecule has 3 unspecified atom stereocenters. The van der Waals surface area contributed by atoms with Crippen LogP contribution in [0.5, 0.6) is 11.5 Å². The summed E-state index contributed by atoms with van der Waals surface area (Å²) in [5.41, 5.74) is 1.27. The molecule has 1 aliphatic rings. The standard InChI is InChI=1S/C26H33ClO7/c1-15(11-12-26(5)16(2)8-10-21(29)18(26)4)7-9-19-24(31)20(13-28)17(3)23(27)25(19)34-33-14-22(30)32-6/h7,11-13,16,18,31H,8-10,14H2,1-6H3/b12-11+,15-7+. The number of ether oxygens (including phenoxy) is 1. The summed E-state index contributed by atoms with van der Waals surface area (Å²) in [7, 11) is 1.21. The van der Waals surface area contributed by atoms with Crippen molar-refractivity contribution in [2.75, 3.05) is 13.7 Å². The molecule has 0 aromatic heterocycles. The van der Waals surface area contributed by atoms with Crippen molar-refractivity contribution in [3.63, 3.8) is 0 Å². The first kappa shape index (κ1) is 27.6. The lowest BCUT2D eigenvalue weighted by Crippen LogP contribution is -2.40. The van der Waals surface area contributed by atoms with Gasteiger partial charge in [0, 0.05) is 17.9 Å². The lowest BCUT2D eigenvalue weighted by atomic mass is 9.61. The van der Waals surface area contributed by atoms with Gasteiger partial charge in [-0.05, 0) is 43.6 Å². The predicted molar refractivity (Wildman–Crippen MR) is 129 cm³/mol. The number of methoxy groups -OCH3 is 1. The van der Waals surface area contributed by atoms with E-state index in [2.05, 4.69) is 24.7 Å². The van der Waals surface area contributed by atoms with Crippen molar-refractivity contribution in [2.24, 2.45) is 17.3 Å². The van der Waals surface area contributed by atoms with Crippen LogP contribution in [-0.2, 0) is 25.6 Å². The monoisotopic (exact) mass is 492 g/mol. The number of carbonyl (C=O) groups excluding carboxylic acids is 3. The number of phenolic OH excluding ortho intramolecular Hbond substituents is 1. The summed E-state index contributed by atoms with van der Waals surface area (Å²) < 4.78 is 4.51. The molecule has 186 valence electrons. The van der Waals surface area contributed by atoms with Gasteiger partial charge < -0.3 is 14.7 Å². The predicted octanol–water partition coefficient (Wildman–Crippen LogP) is 5.34. The zero-order valence-electron chi connectivity index (χ0n) is 20.6. The number of rotatable bonds is 9. The van der Waals surface area contributed by atoms with Gasteiger partial charge >= 0.3 is 5.97 Å². The van der Waals surface area contributed by atoms with Gasteiger partial charge in [0.05, 0.1) is 17.7 Å². The maximum absolute atomic E-state index is 12.3. The molecule has 1 saturated carbocycles. The Morgan fingerprint density at radius 2 is 2.00 bits per heavy atom. The zero-order valence-corrected chi connectivity index (χ0v) is 21.3. The van der Waals surface area contributed by atoms with Crippen LogP contribution >= 0.6 is 11.6 Å². The summed E-state index contributed by atoms with van der Waals surface area (Å²) in [6, 6.07) is 0. The molecule has 7 nitrogen and oxygen atoms in total. The Hall–Kier alpha value is -2.64. The molecule has 3 atom stereocenters. The number of carbonyl (C=O) groups is 3. The lowest BCUT2D eigenvalue weighted by Gasteiger charge is -2.42. The fraction of sp³-hybridized carbons (Fsp3) is 0.500. The van der Waals surface area contributed by atoms with Gasteiger partial charge in [0.15, 0.2) is 18.6 Å². The van der Waals surface area contributed by atoms with E-state index in [1.54, 1.807) is 6.92 Å².